The fourth-order valence-corrected chi connectivity index (χ4v) is 2.36. The maximum absolute atomic E-state index is 12.7. The Kier molecular flexibility index (Phi) is 3.72. The van der Waals surface area contributed by atoms with Crippen LogP contribution in [0.5, 0.6) is 5.75 Å². The van der Waals surface area contributed by atoms with E-state index >= 15 is 0 Å². The second-order valence-corrected chi connectivity index (χ2v) is 5.62. The highest BCUT2D eigenvalue weighted by molar-refractivity contribution is 5.81. The van der Waals surface area contributed by atoms with Crippen molar-refractivity contribution in [2.45, 2.75) is 26.9 Å². The summed E-state index contributed by atoms with van der Waals surface area (Å²) in [5.74, 6) is 0.759. The van der Waals surface area contributed by atoms with Gasteiger partial charge >= 0.3 is 0 Å². The van der Waals surface area contributed by atoms with Crippen LogP contribution in [-0.2, 0) is 0 Å². The van der Waals surface area contributed by atoms with E-state index in [9.17, 15) is 4.79 Å². The van der Waals surface area contributed by atoms with E-state index in [1.165, 1.54) is 0 Å². The highest BCUT2D eigenvalue weighted by Gasteiger charge is 2.18. The van der Waals surface area contributed by atoms with Crippen molar-refractivity contribution in [3.8, 4) is 17.1 Å². The van der Waals surface area contributed by atoms with Crippen molar-refractivity contribution in [2.24, 2.45) is 0 Å². The van der Waals surface area contributed by atoms with Crippen LogP contribution < -0.4 is 10.2 Å². The minimum absolute atomic E-state index is 0.103. The van der Waals surface area contributed by atoms with Gasteiger partial charge in [0.1, 0.15) is 5.58 Å². The van der Waals surface area contributed by atoms with E-state index < -0.39 is 0 Å². The minimum atomic E-state index is -0.133. The normalized spacial score (nSPS) is 11.1. The van der Waals surface area contributed by atoms with Crippen molar-refractivity contribution >= 4 is 11.0 Å². The molecule has 0 bridgehead atoms. The number of hydrogen-bond acceptors (Lipinski definition) is 3. The highest BCUT2D eigenvalue weighted by Crippen LogP contribution is 2.31. The molecule has 22 heavy (non-hydrogen) atoms. The van der Waals surface area contributed by atoms with Crippen LogP contribution in [0.1, 0.15) is 19.4 Å². The van der Waals surface area contributed by atoms with E-state index in [1.807, 2.05) is 57.2 Å². The molecule has 0 saturated heterocycles. The molecule has 3 heteroatoms. The molecule has 0 amide bonds. The number of ether oxygens (including phenoxy) is 1. The largest absolute Gasteiger partial charge is 0.484 e. The molecule has 0 saturated carbocycles. The van der Waals surface area contributed by atoms with E-state index in [4.69, 9.17) is 9.15 Å². The molecule has 0 spiro atoms. The maximum Gasteiger partial charge on any atom is 0.235 e. The molecular weight excluding hydrogens is 276 g/mol. The van der Waals surface area contributed by atoms with Crippen LogP contribution in [0.4, 0.5) is 0 Å². The smallest absolute Gasteiger partial charge is 0.235 e. The predicted molar refractivity (Wildman–Crippen MR) is 88.4 cm³/mol. The Morgan fingerprint density at radius 1 is 1.00 bits per heavy atom. The van der Waals surface area contributed by atoms with Crippen LogP contribution in [0, 0.1) is 6.92 Å². The van der Waals surface area contributed by atoms with Crippen LogP contribution in [0.3, 0.4) is 0 Å². The van der Waals surface area contributed by atoms with Crippen LogP contribution in [0.2, 0.25) is 0 Å². The fourth-order valence-electron chi connectivity index (χ4n) is 2.36. The molecule has 3 nitrogen and oxygen atoms in total. The number of aryl methyl sites for hydroxylation is 1. The van der Waals surface area contributed by atoms with Crippen LogP contribution in [0.15, 0.2) is 57.7 Å². The van der Waals surface area contributed by atoms with E-state index in [-0.39, 0.29) is 17.3 Å². The van der Waals surface area contributed by atoms with Crippen molar-refractivity contribution in [1.29, 1.82) is 0 Å². The summed E-state index contributed by atoms with van der Waals surface area (Å²) in [6, 6.07) is 15.1. The second kappa shape index (κ2) is 5.68. The summed E-state index contributed by atoms with van der Waals surface area (Å²) in [7, 11) is 0. The Balaban J connectivity index is 2.31. The Hall–Kier alpha value is -2.55. The zero-order valence-electron chi connectivity index (χ0n) is 12.9. The molecule has 112 valence electrons. The van der Waals surface area contributed by atoms with Gasteiger partial charge in [0.15, 0.2) is 5.76 Å². The topological polar surface area (TPSA) is 39.4 Å². The van der Waals surface area contributed by atoms with Crippen molar-refractivity contribution in [1.82, 2.24) is 0 Å². The van der Waals surface area contributed by atoms with Crippen LogP contribution in [0.25, 0.3) is 22.3 Å². The monoisotopic (exact) mass is 294 g/mol. The molecule has 0 unspecified atom stereocenters. The average Bonchev–Trinajstić information content (AvgIpc) is 2.50. The van der Waals surface area contributed by atoms with Gasteiger partial charge in [-0.15, -0.1) is 0 Å². The summed E-state index contributed by atoms with van der Waals surface area (Å²) in [5, 5.41) is 0.536. The first-order chi connectivity index (χ1) is 10.6. The summed E-state index contributed by atoms with van der Waals surface area (Å²) in [6.07, 6.45) is -0.103. The summed E-state index contributed by atoms with van der Waals surface area (Å²) in [6.45, 7) is 5.81. The number of rotatable bonds is 3. The lowest BCUT2D eigenvalue weighted by Gasteiger charge is -2.14. The quantitative estimate of drug-likeness (QED) is 0.711. The number of para-hydroxylation sites is 1. The zero-order valence-corrected chi connectivity index (χ0v) is 12.9. The van der Waals surface area contributed by atoms with Gasteiger partial charge in [0.2, 0.25) is 11.2 Å². The number of benzene rings is 2. The lowest BCUT2D eigenvalue weighted by Crippen LogP contribution is -2.15. The Morgan fingerprint density at radius 3 is 2.36 bits per heavy atom. The highest BCUT2D eigenvalue weighted by atomic mass is 16.5. The van der Waals surface area contributed by atoms with Gasteiger partial charge in [0, 0.05) is 5.56 Å². The standard InChI is InChI=1S/C19H18O3/c1-12(2)21-19-17(20)15-6-4-5-7-16(15)22-18(19)14-10-8-13(3)9-11-14/h4-12H,1-3H3. The van der Waals surface area contributed by atoms with Gasteiger partial charge in [-0.3, -0.25) is 4.79 Å². The molecular formula is C19H18O3. The Labute approximate surface area is 129 Å². The van der Waals surface area contributed by atoms with Gasteiger partial charge in [-0.1, -0.05) is 42.0 Å². The van der Waals surface area contributed by atoms with Crippen molar-refractivity contribution in [3.05, 3.63) is 64.3 Å². The minimum Gasteiger partial charge on any atom is -0.484 e. The third kappa shape index (κ3) is 2.62. The summed E-state index contributed by atoms with van der Waals surface area (Å²) >= 11 is 0. The summed E-state index contributed by atoms with van der Waals surface area (Å²) in [4.78, 5) is 12.7. The summed E-state index contributed by atoms with van der Waals surface area (Å²) < 4.78 is 11.7. The molecule has 0 aliphatic carbocycles. The van der Waals surface area contributed by atoms with Crippen molar-refractivity contribution < 1.29 is 9.15 Å². The first-order valence-corrected chi connectivity index (χ1v) is 7.36. The molecule has 3 aromatic rings. The van der Waals surface area contributed by atoms with Gasteiger partial charge in [0.25, 0.3) is 0 Å². The van der Waals surface area contributed by atoms with E-state index in [2.05, 4.69) is 0 Å². The number of fused-ring (bicyclic) bond motifs is 1. The molecule has 0 N–H and O–H groups in total. The third-order valence-electron chi connectivity index (χ3n) is 3.42. The molecule has 3 rings (SSSR count). The fraction of sp³-hybridized carbons (Fsp3) is 0.211. The first kappa shape index (κ1) is 14.4. The van der Waals surface area contributed by atoms with Gasteiger partial charge in [0.05, 0.1) is 11.5 Å². The van der Waals surface area contributed by atoms with Gasteiger partial charge in [-0.2, -0.15) is 0 Å². The van der Waals surface area contributed by atoms with E-state index in [0.717, 1.165) is 11.1 Å². The summed E-state index contributed by atoms with van der Waals surface area (Å²) in [5.41, 5.74) is 2.42. The molecule has 0 fully saturated rings. The van der Waals surface area contributed by atoms with Crippen molar-refractivity contribution in [3.63, 3.8) is 0 Å². The number of hydrogen-bond donors (Lipinski definition) is 0. The third-order valence-corrected chi connectivity index (χ3v) is 3.42. The molecule has 2 aromatic carbocycles. The lowest BCUT2D eigenvalue weighted by molar-refractivity contribution is 0.236. The van der Waals surface area contributed by atoms with Gasteiger partial charge in [-0.25, -0.2) is 0 Å². The van der Waals surface area contributed by atoms with Gasteiger partial charge < -0.3 is 9.15 Å². The Morgan fingerprint density at radius 2 is 1.68 bits per heavy atom. The first-order valence-electron chi connectivity index (χ1n) is 7.36. The molecule has 1 aromatic heterocycles. The Bertz CT molecular complexity index is 858. The zero-order chi connectivity index (χ0) is 15.7. The average molecular weight is 294 g/mol. The maximum atomic E-state index is 12.7. The predicted octanol–water partition coefficient (Wildman–Crippen LogP) is 4.56. The van der Waals surface area contributed by atoms with Crippen molar-refractivity contribution in [2.75, 3.05) is 0 Å². The lowest BCUT2D eigenvalue weighted by atomic mass is 10.1. The van der Waals surface area contributed by atoms with E-state index in [1.54, 1.807) is 12.1 Å². The van der Waals surface area contributed by atoms with Gasteiger partial charge in [-0.05, 0) is 32.9 Å². The van der Waals surface area contributed by atoms with Crippen LogP contribution in [-0.4, -0.2) is 6.10 Å². The molecule has 0 aliphatic rings. The molecule has 0 atom stereocenters. The molecule has 0 radical (unpaired) electrons. The SMILES string of the molecule is Cc1ccc(-c2oc3ccccc3c(=O)c2OC(C)C)cc1. The molecule has 1 heterocycles. The van der Waals surface area contributed by atoms with E-state index in [0.29, 0.717) is 16.7 Å². The molecule has 0 aliphatic heterocycles. The second-order valence-electron chi connectivity index (χ2n) is 5.62. The van der Waals surface area contributed by atoms with Crippen LogP contribution >= 0.6 is 0 Å².